The van der Waals surface area contributed by atoms with Crippen molar-refractivity contribution < 1.29 is 14.6 Å². The number of carboxylic acid groups (broad SMARTS) is 1. The van der Waals surface area contributed by atoms with Gasteiger partial charge < -0.3 is 9.84 Å². The molecule has 0 unspecified atom stereocenters. The zero-order valence-electron chi connectivity index (χ0n) is 11.6. The third kappa shape index (κ3) is 4.13. The highest BCUT2D eigenvalue weighted by atomic mass is 35.5. The van der Waals surface area contributed by atoms with Gasteiger partial charge in [0.25, 0.3) is 0 Å². The second kappa shape index (κ2) is 6.99. The van der Waals surface area contributed by atoms with E-state index < -0.39 is 6.09 Å². The van der Waals surface area contributed by atoms with Gasteiger partial charge in [-0.05, 0) is 48.4 Å². The Morgan fingerprint density at radius 2 is 1.76 bits per heavy atom. The molecule has 0 fully saturated rings. The molecule has 0 bridgehead atoms. The molecular weight excluding hydrogens is 290 g/mol. The minimum absolute atomic E-state index is 0.378. The molecule has 1 amide bonds. The highest BCUT2D eigenvalue weighted by Gasteiger charge is 2.14. The lowest BCUT2D eigenvalue weighted by Crippen LogP contribution is -2.31. The van der Waals surface area contributed by atoms with Gasteiger partial charge >= 0.3 is 6.09 Å². The van der Waals surface area contributed by atoms with Gasteiger partial charge in [0.15, 0.2) is 0 Å². The van der Waals surface area contributed by atoms with Gasteiger partial charge in [-0.15, -0.1) is 0 Å². The van der Waals surface area contributed by atoms with Gasteiger partial charge in [0.05, 0.1) is 7.11 Å². The number of methoxy groups -OCH3 is 1. The highest BCUT2D eigenvalue weighted by Crippen LogP contribution is 2.19. The van der Waals surface area contributed by atoms with E-state index in [1.54, 1.807) is 31.4 Å². The van der Waals surface area contributed by atoms with Gasteiger partial charge in [0, 0.05) is 17.3 Å². The number of halogens is 1. The Balaban J connectivity index is 2.06. The predicted octanol–water partition coefficient (Wildman–Crippen LogP) is 4.08. The molecule has 0 saturated carbocycles. The van der Waals surface area contributed by atoms with Gasteiger partial charge in [0.2, 0.25) is 0 Å². The molecular formula is C16H16ClNO3. The van der Waals surface area contributed by atoms with Crippen molar-refractivity contribution in [2.75, 3.05) is 18.6 Å². The molecule has 2 aromatic rings. The van der Waals surface area contributed by atoms with Crippen LogP contribution in [-0.4, -0.2) is 24.9 Å². The van der Waals surface area contributed by atoms with Gasteiger partial charge in [-0.3, -0.25) is 4.90 Å². The number of anilines is 1. The topological polar surface area (TPSA) is 49.8 Å². The van der Waals surface area contributed by atoms with E-state index >= 15 is 0 Å². The number of ether oxygens (including phenoxy) is 1. The van der Waals surface area contributed by atoms with Gasteiger partial charge in [-0.25, -0.2) is 4.79 Å². The fourth-order valence-corrected chi connectivity index (χ4v) is 2.12. The van der Waals surface area contributed by atoms with Crippen LogP contribution in [0.2, 0.25) is 5.02 Å². The maximum atomic E-state index is 11.4. The molecule has 5 heteroatoms. The molecule has 4 nitrogen and oxygen atoms in total. The van der Waals surface area contributed by atoms with E-state index in [9.17, 15) is 9.90 Å². The average molecular weight is 306 g/mol. The summed E-state index contributed by atoms with van der Waals surface area (Å²) in [5.41, 5.74) is 1.66. The summed E-state index contributed by atoms with van der Waals surface area (Å²) in [5, 5.41) is 9.91. The number of carbonyl (C=O) groups is 1. The second-order valence-electron chi connectivity index (χ2n) is 4.51. The lowest BCUT2D eigenvalue weighted by atomic mass is 10.1. The number of hydrogen-bond acceptors (Lipinski definition) is 2. The minimum atomic E-state index is -0.981. The number of amides is 1. The van der Waals surface area contributed by atoms with Crippen LogP contribution in [0, 0.1) is 0 Å². The van der Waals surface area contributed by atoms with E-state index in [2.05, 4.69) is 0 Å². The zero-order valence-corrected chi connectivity index (χ0v) is 12.4. The van der Waals surface area contributed by atoms with Crippen LogP contribution in [0.1, 0.15) is 5.56 Å². The Hall–Kier alpha value is -2.20. The Morgan fingerprint density at radius 3 is 2.29 bits per heavy atom. The van der Waals surface area contributed by atoms with Crippen molar-refractivity contribution in [2.45, 2.75) is 6.42 Å². The van der Waals surface area contributed by atoms with Crippen LogP contribution in [0.25, 0.3) is 0 Å². The molecule has 2 rings (SSSR count). The first-order valence-electron chi connectivity index (χ1n) is 6.49. The Labute approximate surface area is 128 Å². The summed E-state index contributed by atoms with van der Waals surface area (Å²) in [6.07, 6.45) is -0.357. The summed E-state index contributed by atoms with van der Waals surface area (Å²) in [6.45, 7) is 0.378. The van der Waals surface area contributed by atoms with Crippen molar-refractivity contribution >= 4 is 23.4 Å². The maximum absolute atomic E-state index is 11.4. The third-order valence-electron chi connectivity index (χ3n) is 3.15. The molecule has 0 radical (unpaired) electrons. The van der Waals surface area contributed by atoms with Crippen LogP contribution >= 0.6 is 11.6 Å². The van der Waals surface area contributed by atoms with E-state index in [1.807, 2.05) is 24.3 Å². The largest absolute Gasteiger partial charge is 0.497 e. The van der Waals surface area contributed by atoms with Crippen LogP contribution in [0.5, 0.6) is 5.75 Å². The van der Waals surface area contributed by atoms with Crippen LogP contribution in [0.4, 0.5) is 10.5 Å². The highest BCUT2D eigenvalue weighted by molar-refractivity contribution is 6.30. The average Bonchev–Trinajstić information content (AvgIpc) is 2.49. The number of nitrogens with zero attached hydrogens (tertiary/aromatic N) is 1. The van der Waals surface area contributed by atoms with Gasteiger partial charge in [0.1, 0.15) is 5.75 Å². The van der Waals surface area contributed by atoms with Crippen LogP contribution < -0.4 is 9.64 Å². The monoisotopic (exact) mass is 305 g/mol. The molecule has 0 aromatic heterocycles. The van der Waals surface area contributed by atoms with E-state index in [0.29, 0.717) is 23.7 Å². The Kier molecular flexibility index (Phi) is 5.06. The van der Waals surface area contributed by atoms with E-state index in [1.165, 1.54) is 4.90 Å². The number of rotatable bonds is 5. The number of hydrogen-bond donors (Lipinski definition) is 1. The van der Waals surface area contributed by atoms with Crippen LogP contribution in [0.3, 0.4) is 0 Å². The first-order valence-corrected chi connectivity index (χ1v) is 6.87. The molecule has 0 heterocycles. The molecule has 0 aliphatic carbocycles. The fraction of sp³-hybridized carbons (Fsp3) is 0.188. The van der Waals surface area contributed by atoms with Crippen LogP contribution in [0.15, 0.2) is 48.5 Å². The molecule has 1 N–H and O–H groups in total. The molecule has 21 heavy (non-hydrogen) atoms. The van der Waals surface area contributed by atoms with E-state index in [-0.39, 0.29) is 0 Å². The van der Waals surface area contributed by atoms with Crippen molar-refractivity contribution in [2.24, 2.45) is 0 Å². The summed E-state index contributed by atoms with van der Waals surface area (Å²) in [7, 11) is 1.61. The smallest absolute Gasteiger partial charge is 0.411 e. The summed E-state index contributed by atoms with van der Waals surface area (Å²) < 4.78 is 5.10. The lowest BCUT2D eigenvalue weighted by Gasteiger charge is -2.19. The van der Waals surface area contributed by atoms with Crippen molar-refractivity contribution in [3.8, 4) is 5.75 Å². The summed E-state index contributed by atoms with van der Waals surface area (Å²) in [4.78, 5) is 12.7. The molecule has 0 spiro atoms. The van der Waals surface area contributed by atoms with Crippen molar-refractivity contribution in [1.29, 1.82) is 0 Å². The molecule has 2 aromatic carbocycles. The number of benzene rings is 2. The quantitative estimate of drug-likeness (QED) is 0.905. The van der Waals surface area contributed by atoms with Gasteiger partial charge in [-0.1, -0.05) is 23.7 Å². The standard InChI is InChI=1S/C16H16ClNO3/c1-21-15-8-2-12(3-9-15)10-11-18(16(19)20)14-6-4-13(17)5-7-14/h2-9H,10-11H2,1H3,(H,19,20). The van der Waals surface area contributed by atoms with Crippen molar-refractivity contribution in [1.82, 2.24) is 0 Å². The Morgan fingerprint density at radius 1 is 1.14 bits per heavy atom. The van der Waals surface area contributed by atoms with Crippen molar-refractivity contribution in [3.05, 3.63) is 59.1 Å². The molecule has 0 saturated heterocycles. The summed E-state index contributed by atoms with van der Waals surface area (Å²) in [5.74, 6) is 0.784. The molecule has 0 atom stereocenters. The Bertz CT molecular complexity index is 596. The third-order valence-corrected chi connectivity index (χ3v) is 3.40. The minimum Gasteiger partial charge on any atom is -0.497 e. The van der Waals surface area contributed by atoms with Crippen molar-refractivity contribution in [3.63, 3.8) is 0 Å². The van der Waals surface area contributed by atoms with Gasteiger partial charge in [-0.2, -0.15) is 0 Å². The van der Waals surface area contributed by atoms with Crippen LogP contribution in [-0.2, 0) is 6.42 Å². The second-order valence-corrected chi connectivity index (χ2v) is 4.95. The van der Waals surface area contributed by atoms with E-state index in [0.717, 1.165) is 11.3 Å². The normalized spacial score (nSPS) is 10.2. The van der Waals surface area contributed by atoms with E-state index in [4.69, 9.17) is 16.3 Å². The maximum Gasteiger partial charge on any atom is 0.411 e. The first-order chi connectivity index (χ1) is 10.1. The molecule has 0 aliphatic heterocycles. The lowest BCUT2D eigenvalue weighted by molar-refractivity contribution is 0.202. The predicted molar refractivity (Wildman–Crippen MR) is 83.5 cm³/mol. The molecule has 110 valence electrons. The summed E-state index contributed by atoms with van der Waals surface area (Å²) >= 11 is 5.82. The molecule has 0 aliphatic rings. The zero-order chi connectivity index (χ0) is 15.2. The fourth-order valence-electron chi connectivity index (χ4n) is 1.99. The summed E-state index contributed by atoms with van der Waals surface area (Å²) in [6, 6.07) is 14.3. The SMILES string of the molecule is COc1ccc(CCN(C(=O)O)c2ccc(Cl)cc2)cc1. The first kappa shape index (κ1) is 15.2.